The van der Waals surface area contributed by atoms with Crippen LogP contribution in [0.5, 0.6) is 0 Å². The molecule has 4 aromatic rings. The molecule has 0 spiro atoms. The number of nitrogens with zero attached hydrogens (tertiary/aromatic N) is 1. The number of benzene rings is 3. The summed E-state index contributed by atoms with van der Waals surface area (Å²) < 4.78 is 0. The van der Waals surface area contributed by atoms with Crippen LogP contribution in [0.2, 0.25) is 10.0 Å². The number of H-pyrrole nitrogens is 1. The van der Waals surface area contributed by atoms with Crippen molar-refractivity contribution in [3.63, 3.8) is 0 Å². The minimum Gasteiger partial charge on any atom is -0.354 e. The number of para-hydroxylation sites is 1. The first kappa shape index (κ1) is 20.8. The molecular formula is C28H24Cl2N2O. The molecule has 1 aliphatic heterocycles. The quantitative estimate of drug-likeness (QED) is 0.320. The summed E-state index contributed by atoms with van der Waals surface area (Å²) in [5.41, 5.74) is 5.88. The Morgan fingerprint density at radius 1 is 0.848 bits per heavy atom. The van der Waals surface area contributed by atoms with Gasteiger partial charge in [0.1, 0.15) is 0 Å². The Balaban J connectivity index is 1.63. The Hall–Kier alpha value is -2.75. The second kappa shape index (κ2) is 8.23. The summed E-state index contributed by atoms with van der Waals surface area (Å²) in [6, 6.07) is 22.1. The zero-order valence-electron chi connectivity index (χ0n) is 18.2. The summed E-state index contributed by atoms with van der Waals surface area (Å²) in [6.07, 6.45) is 5.68. The minimum absolute atomic E-state index is 0.140. The second-order valence-electron chi connectivity index (χ2n) is 9.08. The maximum Gasteiger partial charge on any atom is 0.255 e. The highest BCUT2D eigenvalue weighted by atomic mass is 35.5. The van der Waals surface area contributed by atoms with Gasteiger partial charge in [-0.25, -0.2) is 0 Å². The smallest absolute Gasteiger partial charge is 0.255 e. The average Bonchev–Trinajstić information content (AvgIpc) is 3.35. The third kappa shape index (κ3) is 3.37. The zero-order valence-corrected chi connectivity index (χ0v) is 19.7. The largest absolute Gasteiger partial charge is 0.354 e. The normalized spacial score (nSPS) is 18.8. The van der Waals surface area contributed by atoms with E-state index in [2.05, 4.69) is 34.1 Å². The number of rotatable bonds is 3. The Kier molecular flexibility index (Phi) is 5.20. The summed E-state index contributed by atoms with van der Waals surface area (Å²) in [5.74, 6) is 0.140. The van der Waals surface area contributed by atoms with Gasteiger partial charge < -0.3 is 9.88 Å². The molecule has 3 aromatic carbocycles. The van der Waals surface area contributed by atoms with Crippen LogP contribution in [0.25, 0.3) is 22.2 Å². The molecule has 0 radical (unpaired) electrons. The maximum absolute atomic E-state index is 13.8. The predicted octanol–water partition coefficient (Wildman–Crippen LogP) is 8.02. The van der Waals surface area contributed by atoms with Gasteiger partial charge in [-0.1, -0.05) is 78.9 Å². The van der Waals surface area contributed by atoms with Crippen molar-refractivity contribution in [1.82, 2.24) is 9.88 Å². The van der Waals surface area contributed by atoms with Crippen LogP contribution >= 0.6 is 23.2 Å². The van der Waals surface area contributed by atoms with Crippen LogP contribution in [0.4, 0.5) is 0 Å². The second-order valence-corrected chi connectivity index (χ2v) is 9.92. The predicted molar refractivity (Wildman–Crippen MR) is 135 cm³/mol. The van der Waals surface area contributed by atoms with Crippen molar-refractivity contribution in [2.24, 2.45) is 0 Å². The fraction of sp³-hybridized carbons (Fsp3) is 0.250. The number of fused-ring (bicyclic) bond motifs is 2. The van der Waals surface area contributed by atoms with E-state index in [9.17, 15) is 4.79 Å². The molecule has 0 bridgehead atoms. The number of aromatic amines is 1. The van der Waals surface area contributed by atoms with Crippen molar-refractivity contribution >= 4 is 40.0 Å². The molecule has 1 unspecified atom stereocenters. The first-order valence-corrected chi connectivity index (χ1v) is 12.4. The molecule has 166 valence electrons. The van der Waals surface area contributed by atoms with E-state index < -0.39 is 0 Å². The van der Waals surface area contributed by atoms with Gasteiger partial charge in [-0.3, -0.25) is 4.79 Å². The third-order valence-corrected chi connectivity index (χ3v) is 7.73. The molecule has 1 N–H and O–H groups in total. The number of halogens is 2. The minimum atomic E-state index is -0.158. The summed E-state index contributed by atoms with van der Waals surface area (Å²) in [5, 5.41) is 2.32. The van der Waals surface area contributed by atoms with Crippen LogP contribution in [0.15, 0.2) is 66.7 Å². The van der Waals surface area contributed by atoms with Crippen LogP contribution in [-0.4, -0.2) is 21.8 Å². The van der Waals surface area contributed by atoms with E-state index in [-0.39, 0.29) is 18.0 Å². The van der Waals surface area contributed by atoms with Crippen molar-refractivity contribution in [2.75, 3.05) is 0 Å². The van der Waals surface area contributed by atoms with E-state index in [1.807, 2.05) is 36.4 Å². The first-order chi connectivity index (χ1) is 16.1. The van der Waals surface area contributed by atoms with E-state index in [0.29, 0.717) is 10.0 Å². The highest BCUT2D eigenvalue weighted by Gasteiger charge is 2.43. The lowest BCUT2D eigenvalue weighted by atomic mass is 9.89. The highest BCUT2D eigenvalue weighted by molar-refractivity contribution is 6.36. The summed E-state index contributed by atoms with van der Waals surface area (Å²) >= 11 is 12.9. The summed E-state index contributed by atoms with van der Waals surface area (Å²) in [6.45, 7) is 0. The van der Waals surface area contributed by atoms with Gasteiger partial charge in [0, 0.05) is 38.7 Å². The average molecular weight is 475 g/mol. The molecule has 6 rings (SSSR count). The van der Waals surface area contributed by atoms with Crippen LogP contribution < -0.4 is 0 Å². The molecule has 1 aromatic heterocycles. The Labute approximate surface area is 203 Å². The molecule has 0 saturated heterocycles. The number of carbonyl (C=O) groups is 1. The van der Waals surface area contributed by atoms with Crippen LogP contribution in [0, 0.1) is 0 Å². The first-order valence-electron chi connectivity index (χ1n) is 11.6. The van der Waals surface area contributed by atoms with E-state index >= 15 is 0 Å². The molecule has 2 aliphatic rings. The van der Waals surface area contributed by atoms with Gasteiger partial charge in [-0.15, -0.1) is 0 Å². The Bertz CT molecular complexity index is 1370. The molecule has 3 nitrogen and oxygen atoms in total. The lowest BCUT2D eigenvalue weighted by Crippen LogP contribution is -2.40. The standard InChI is InChI=1S/C28H24Cl2N2O/c29-17-14-15-21(23(30)16-17)26-25(22-12-6-7-13-24(22)31-26)27-19-10-4-5-11-20(19)28(33)32(27)18-8-2-1-3-9-18/h4-7,10-16,18,27,31H,1-3,8-9H2. The molecule has 33 heavy (non-hydrogen) atoms. The summed E-state index contributed by atoms with van der Waals surface area (Å²) in [7, 11) is 0. The monoisotopic (exact) mass is 474 g/mol. The number of carbonyl (C=O) groups excluding carboxylic acids is 1. The van der Waals surface area contributed by atoms with Crippen molar-refractivity contribution in [3.8, 4) is 11.3 Å². The van der Waals surface area contributed by atoms with Crippen LogP contribution in [-0.2, 0) is 0 Å². The lowest BCUT2D eigenvalue weighted by molar-refractivity contribution is 0.0614. The summed E-state index contributed by atoms with van der Waals surface area (Å²) in [4.78, 5) is 19.6. The van der Waals surface area contributed by atoms with Gasteiger partial charge in [0.15, 0.2) is 0 Å². The van der Waals surface area contributed by atoms with Crippen molar-refractivity contribution in [2.45, 2.75) is 44.2 Å². The molecule has 5 heteroatoms. The Morgan fingerprint density at radius 2 is 1.61 bits per heavy atom. The number of hydrogen-bond donors (Lipinski definition) is 1. The van der Waals surface area contributed by atoms with Crippen LogP contribution in [0.3, 0.4) is 0 Å². The van der Waals surface area contributed by atoms with Crippen molar-refractivity contribution in [1.29, 1.82) is 0 Å². The van der Waals surface area contributed by atoms with Gasteiger partial charge >= 0.3 is 0 Å². The topological polar surface area (TPSA) is 36.1 Å². The fourth-order valence-corrected chi connectivity index (χ4v) is 6.22. The number of amides is 1. The molecule has 1 saturated carbocycles. The Morgan fingerprint density at radius 3 is 2.42 bits per heavy atom. The van der Waals surface area contributed by atoms with Crippen LogP contribution in [0.1, 0.15) is 59.6 Å². The van der Waals surface area contributed by atoms with Crippen molar-refractivity contribution in [3.05, 3.63) is 93.5 Å². The van der Waals surface area contributed by atoms with Gasteiger partial charge in [0.2, 0.25) is 0 Å². The van der Waals surface area contributed by atoms with Gasteiger partial charge in [0.25, 0.3) is 5.91 Å². The maximum atomic E-state index is 13.8. The van der Waals surface area contributed by atoms with E-state index in [1.54, 1.807) is 6.07 Å². The number of hydrogen-bond acceptors (Lipinski definition) is 1. The van der Waals surface area contributed by atoms with E-state index in [1.165, 1.54) is 19.3 Å². The van der Waals surface area contributed by atoms with E-state index in [4.69, 9.17) is 23.2 Å². The SMILES string of the molecule is O=C1c2ccccc2C(c2c(-c3ccc(Cl)cc3Cl)[nH]c3ccccc23)N1C1CCCCC1. The zero-order chi connectivity index (χ0) is 22.5. The number of nitrogens with one attached hydrogen (secondary N) is 1. The molecule has 1 amide bonds. The highest BCUT2D eigenvalue weighted by Crippen LogP contribution is 2.48. The molecule has 1 aliphatic carbocycles. The van der Waals surface area contributed by atoms with Gasteiger partial charge in [-0.2, -0.15) is 0 Å². The third-order valence-electron chi connectivity index (χ3n) is 7.19. The fourth-order valence-electron chi connectivity index (χ4n) is 5.72. The molecule has 1 fully saturated rings. The number of aromatic nitrogens is 1. The molecule has 2 heterocycles. The van der Waals surface area contributed by atoms with E-state index in [0.717, 1.165) is 51.7 Å². The van der Waals surface area contributed by atoms with Gasteiger partial charge in [0.05, 0.1) is 16.8 Å². The van der Waals surface area contributed by atoms with Crippen molar-refractivity contribution < 1.29 is 4.79 Å². The van der Waals surface area contributed by atoms with Gasteiger partial charge in [-0.05, 0) is 48.7 Å². The lowest BCUT2D eigenvalue weighted by Gasteiger charge is -2.36. The molecular weight excluding hydrogens is 451 g/mol. The molecule has 1 atom stereocenters.